The van der Waals surface area contributed by atoms with Gasteiger partial charge in [-0.25, -0.2) is 4.57 Å². The Morgan fingerprint density at radius 3 is 1.03 bits per heavy atom. The van der Waals surface area contributed by atoms with Gasteiger partial charge in [0.15, 0.2) is 24.8 Å². The van der Waals surface area contributed by atoms with Gasteiger partial charge < -0.3 is 88.7 Å². The van der Waals surface area contributed by atoms with Crippen molar-refractivity contribution in [2.24, 2.45) is 0 Å². The van der Waals surface area contributed by atoms with E-state index in [2.05, 4.69) is 52.0 Å². The highest BCUT2D eigenvalue weighted by Crippen LogP contribution is 2.49. The monoisotopic (exact) mass is 1690 g/mol. The SMILES string of the molecule is CCCCCC/C=C\CCCCCCCCCC(=O)OCC1OC(OC2C(OC(=O)CCCCCCCCC/C=C\CCCCCC)C(O)C(O)C(OC3OC(CO)C(O)C(O)C3O)C2OP(=O)(O)OCC(COC(=O)CCCCCCCCCCCCCCCCC)OC(=O)CCCCCCCCCCCCCCC)C(O)C(O)C1O. The van der Waals surface area contributed by atoms with E-state index in [1.54, 1.807) is 0 Å². The largest absolute Gasteiger partial charge is 0.472 e. The van der Waals surface area contributed by atoms with Gasteiger partial charge in [-0.1, -0.05) is 322 Å². The molecule has 1 aliphatic carbocycles. The van der Waals surface area contributed by atoms with Crippen molar-refractivity contribution in [1.82, 2.24) is 0 Å². The summed E-state index contributed by atoms with van der Waals surface area (Å²) < 4.78 is 73.4. The summed E-state index contributed by atoms with van der Waals surface area (Å²) in [5, 5.41) is 102. The number of aliphatic hydroxyl groups is 9. The lowest BCUT2D eigenvalue weighted by atomic mass is 9.84. The smallest absolute Gasteiger partial charge is 0.463 e. The molecule has 0 bridgehead atoms. The summed E-state index contributed by atoms with van der Waals surface area (Å²) in [5.41, 5.74) is 0. The van der Waals surface area contributed by atoms with E-state index < -0.39 is 162 Å². The summed E-state index contributed by atoms with van der Waals surface area (Å²) >= 11 is 0. The fourth-order valence-corrected chi connectivity index (χ4v) is 16.4. The Balaban J connectivity index is 1.92. The molecule has 0 radical (unpaired) electrons. The predicted octanol–water partition coefficient (Wildman–Crippen LogP) is 17.3. The van der Waals surface area contributed by atoms with Crippen molar-refractivity contribution >= 4 is 31.7 Å². The number of unbranched alkanes of at least 4 members (excludes halogenated alkanes) is 48. The van der Waals surface area contributed by atoms with Crippen LogP contribution >= 0.6 is 7.82 Å². The number of phosphoric acid groups is 1. The predicted molar refractivity (Wildman–Crippen MR) is 453 cm³/mol. The second-order valence-corrected chi connectivity index (χ2v) is 34.9. The van der Waals surface area contributed by atoms with Gasteiger partial charge in [0.05, 0.1) is 13.2 Å². The maximum Gasteiger partial charge on any atom is 0.472 e. The number of ether oxygens (including phenoxy) is 8. The van der Waals surface area contributed by atoms with Gasteiger partial charge in [-0.15, -0.1) is 0 Å². The van der Waals surface area contributed by atoms with E-state index in [-0.39, 0.29) is 25.7 Å². The first-order valence-electron chi connectivity index (χ1n) is 47.1. The van der Waals surface area contributed by atoms with E-state index >= 15 is 0 Å². The Bertz CT molecular complexity index is 2530. The van der Waals surface area contributed by atoms with E-state index in [0.717, 1.165) is 161 Å². The van der Waals surface area contributed by atoms with Crippen LogP contribution in [0.2, 0.25) is 0 Å². The van der Waals surface area contributed by atoms with E-state index in [0.29, 0.717) is 32.1 Å². The van der Waals surface area contributed by atoms with Crippen molar-refractivity contribution in [2.75, 3.05) is 26.4 Å². The third-order valence-electron chi connectivity index (χ3n) is 22.9. The fraction of sp³-hybridized carbons (Fsp3) is 0.912. The average molecular weight is 1690 g/mol. The molecule has 3 fully saturated rings. The molecule has 18 unspecified atom stereocenters. The number of allylic oxidation sites excluding steroid dienone is 4. The molecule has 2 saturated heterocycles. The zero-order valence-electron chi connectivity index (χ0n) is 73.0. The first-order chi connectivity index (χ1) is 56.7. The molecule has 25 nitrogen and oxygen atoms in total. The Morgan fingerprint density at radius 2 is 0.641 bits per heavy atom. The Kier molecular flexibility index (Phi) is 64.9. The van der Waals surface area contributed by atoms with Gasteiger partial charge in [-0.2, -0.15) is 0 Å². The maximum absolute atomic E-state index is 14.9. The third-order valence-corrected chi connectivity index (χ3v) is 23.9. The molecule has 2 aliphatic heterocycles. The van der Waals surface area contributed by atoms with Crippen molar-refractivity contribution in [2.45, 2.75) is 504 Å². The number of hydrogen-bond donors (Lipinski definition) is 10. The Morgan fingerprint density at radius 1 is 0.333 bits per heavy atom. The van der Waals surface area contributed by atoms with Crippen molar-refractivity contribution in [3.63, 3.8) is 0 Å². The van der Waals surface area contributed by atoms with E-state index in [4.69, 9.17) is 46.9 Å². The molecule has 0 aromatic rings. The molecule has 0 spiro atoms. The van der Waals surface area contributed by atoms with Crippen molar-refractivity contribution in [1.29, 1.82) is 0 Å². The highest BCUT2D eigenvalue weighted by Gasteiger charge is 2.60. The number of phosphoric ester groups is 1. The number of carbonyl (C=O) groups is 4. The molecule has 0 amide bonds. The summed E-state index contributed by atoms with van der Waals surface area (Å²) in [6.45, 7) is 5.58. The molecule has 686 valence electrons. The lowest BCUT2D eigenvalue weighted by Crippen LogP contribution is -2.70. The molecule has 0 aromatic heterocycles. The Hall–Kier alpha value is -3.05. The maximum atomic E-state index is 14.9. The molecule has 0 aromatic carbocycles. The van der Waals surface area contributed by atoms with Gasteiger partial charge in [0.25, 0.3) is 0 Å². The third kappa shape index (κ3) is 50.5. The van der Waals surface area contributed by atoms with Crippen LogP contribution in [0.3, 0.4) is 0 Å². The van der Waals surface area contributed by atoms with Gasteiger partial charge in [0, 0.05) is 25.7 Å². The van der Waals surface area contributed by atoms with Crippen molar-refractivity contribution in [3.8, 4) is 0 Å². The molecule has 18 atom stereocenters. The van der Waals surface area contributed by atoms with Crippen LogP contribution in [0.5, 0.6) is 0 Å². The van der Waals surface area contributed by atoms with Crippen LogP contribution in [0.4, 0.5) is 0 Å². The van der Waals surface area contributed by atoms with Crippen LogP contribution in [0.25, 0.3) is 0 Å². The van der Waals surface area contributed by atoms with E-state index in [1.165, 1.54) is 154 Å². The summed E-state index contributed by atoms with van der Waals surface area (Å²) in [5.74, 6) is -2.96. The van der Waals surface area contributed by atoms with Crippen LogP contribution in [0.1, 0.15) is 400 Å². The lowest BCUT2D eigenvalue weighted by molar-refractivity contribution is -0.360. The highest BCUT2D eigenvalue weighted by molar-refractivity contribution is 7.47. The number of esters is 4. The first kappa shape index (κ1) is 108. The second kappa shape index (κ2) is 70.3. The van der Waals surface area contributed by atoms with Gasteiger partial charge in [-0.05, 0) is 77.0 Å². The van der Waals surface area contributed by atoms with Gasteiger partial charge in [0.1, 0.15) is 92.6 Å². The molecule has 2 heterocycles. The molecule has 26 heteroatoms. The normalized spacial score (nSPS) is 25.1. The summed E-state index contributed by atoms with van der Waals surface area (Å²) in [4.78, 5) is 66.4. The number of aliphatic hydroxyl groups excluding tert-OH is 9. The molecule has 10 N–H and O–H groups in total. The minimum absolute atomic E-state index is 0.00921. The van der Waals surface area contributed by atoms with Gasteiger partial charge in [-0.3, -0.25) is 28.2 Å². The molecule has 117 heavy (non-hydrogen) atoms. The molecular formula is C91H167O25P. The number of carbonyl (C=O) groups excluding carboxylic acids is 4. The summed E-state index contributed by atoms with van der Waals surface area (Å²) in [6.07, 6.45) is 30.2. The van der Waals surface area contributed by atoms with Crippen LogP contribution in [-0.4, -0.2) is 205 Å². The van der Waals surface area contributed by atoms with E-state index in [9.17, 15) is 74.6 Å². The topological polar surface area (TPSA) is 380 Å². The molecule has 1 saturated carbocycles. The van der Waals surface area contributed by atoms with Crippen LogP contribution in [-0.2, 0) is 70.7 Å². The van der Waals surface area contributed by atoms with Crippen LogP contribution in [0, 0.1) is 0 Å². The van der Waals surface area contributed by atoms with Gasteiger partial charge in [0.2, 0.25) is 0 Å². The van der Waals surface area contributed by atoms with Crippen molar-refractivity contribution in [3.05, 3.63) is 24.3 Å². The Labute approximate surface area is 704 Å². The molecular weight excluding hydrogens is 1520 g/mol. The van der Waals surface area contributed by atoms with Crippen LogP contribution in [0.15, 0.2) is 24.3 Å². The lowest BCUT2D eigenvalue weighted by Gasteiger charge is -2.50. The zero-order valence-corrected chi connectivity index (χ0v) is 73.9. The number of rotatable bonds is 76. The van der Waals surface area contributed by atoms with Crippen LogP contribution < -0.4 is 0 Å². The fourth-order valence-electron chi connectivity index (χ4n) is 15.4. The summed E-state index contributed by atoms with van der Waals surface area (Å²) in [7, 11) is -5.81. The number of hydrogen-bond acceptors (Lipinski definition) is 24. The zero-order chi connectivity index (χ0) is 85.4. The minimum atomic E-state index is -5.81. The molecule has 3 rings (SSSR count). The quantitative estimate of drug-likeness (QED) is 0.00889. The molecule has 3 aliphatic rings. The van der Waals surface area contributed by atoms with Gasteiger partial charge >= 0.3 is 31.7 Å². The summed E-state index contributed by atoms with van der Waals surface area (Å²) in [6, 6.07) is 0. The van der Waals surface area contributed by atoms with E-state index in [1.807, 2.05) is 0 Å². The second-order valence-electron chi connectivity index (χ2n) is 33.5. The minimum Gasteiger partial charge on any atom is -0.463 e. The first-order valence-corrected chi connectivity index (χ1v) is 48.6. The highest BCUT2D eigenvalue weighted by atomic mass is 31.2. The average Bonchev–Trinajstić information content (AvgIpc) is 0.755. The standard InChI is InChI=1S/C91H167O25P/c1-5-9-13-17-21-25-29-33-36-40-43-47-51-55-59-63-74(93)107-68-71(110-76(95)65-61-57-53-49-45-39-32-28-24-20-16-12-8-4)69-109-117(105,106)116-89-87(114-90-84(103)80(99)78(97)72(67-92)111-90)83(102)82(101)86(113-77(96)66-62-58-54-50-46-42-38-35-31-27-23-19-15-11-7-3)88(89)115-91-85(104)81(100)79(98)73(112-91)70-108-75(94)64-60-56-52-48-44-41-37-34-30-26-22-18-14-10-6-2/h26-27,30-31,71-73,78-92,97-104H,5-25,28-29,32-70H2,1-4H3,(H,105,106)/b30-26-,31-27-. The van der Waals surface area contributed by atoms with Crippen molar-refractivity contribution < 1.29 is 122 Å².